The average molecular weight is 412 g/mol. The Morgan fingerprint density at radius 3 is 2.72 bits per heavy atom. The van der Waals surface area contributed by atoms with Crippen molar-refractivity contribution >= 4 is 29.3 Å². The van der Waals surface area contributed by atoms with Gasteiger partial charge in [0.25, 0.3) is 5.91 Å². The predicted molar refractivity (Wildman–Crippen MR) is 98.0 cm³/mol. The van der Waals surface area contributed by atoms with E-state index >= 15 is 0 Å². The summed E-state index contributed by atoms with van der Waals surface area (Å²) in [5.41, 5.74) is 1.15. The Morgan fingerprint density at radius 2 is 2.07 bits per heavy atom. The second-order valence-electron chi connectivity index (χ2n) is 6.22. The van der Waals surface area contributed by atoms with Crippen LogP contribution in [-0.2, 0) is 0 Å². The molecule has 2 aromatic heterocycles. The Labute approximate surface area is 163 Å². The summed E-state index contributed by atoms with van der Waals surface area (Å²) in [5, 5.41) is 9.15. The van der Waals surface area contributed by atoms with Gasteiger partial charge in [0.1, 0.15) is 12.0 Å². The molecular weight excluding hydrogens is 393 g/mol. The number of urea groups is 1. The van der Waals surface area contributed by atoms with Crippen molar-refractivity contribution in [2.45, 2.75) is 26.1 Å². The van der Waals surface area contributed by atoms with E-state index in [9.17, 15) is 22.8 Å². The lowest BCUT2D eigenvalue weighted by atomic mass is 10.1. The number of aromatic nitrogens is 2. The molecule has 1 atom stereocenters. The highest BCUT2D eigenvalue weighted by molar-refractivity contribution is 6.04. The maximum atomic E-state index is 12.8. The number of nitrogens with one attached hydrogen (secondary N) is 2. The molecule has 4 heterocycles. The molecule has 1 saturated heterocycles. The largest absolute Gasteiger partial charge is 0.379 e. The summed E-state index contributed by atoms with van der Waals surface area (Å²) in [7, 11) is 0. The molecule has 12 heteroatoms. The van der Waals surface area contributed by atoms with Crippen LogP contribution in [0.4, 0.5) is 35.3 Å². The Balaban J connectivity index is 0.000000552. The lowest BCUT2D eigenvalue weighted by Gasteiger charge is -2.35. The van der Waals surface area contributed by atoms with Crippen molar-refractivity contribution in [2.75, 3.05) is 34.8 Å². The van der Waals surface area contributed by atoms with Gasteiger partial charge in [0.05, 0.1) is 11.7 Å². The van der Waals surface area contributed by atoms with Crippen molar-refractivity contribution in [1.82, 2.24) is 15.5 Å². The number of hydrogen-bond donors (Lipinski definition) is 2. The first-order valence-corrected chi connectivity index (χ1v) is 8.87. The number of amides is 3. The molecule has 2 bridgehead atoms. The van der Waals surface area contributed by atoms with E-state index in [2.05, 4.69) is 25.7 Å². The van der Waals surface area contributed by atoms with E-state index in [1.54, 1.807) is 17.0 Å². The van der Waals surface area contributed by atoms with Gasteiger partial charge in [-0.2, -0.15) is 13.2 Å². The van der Waals surface area contributed by atoms with E-state index in [4.69, 9.17) is 4.52 Å². The van der Waals surface area contributed by atoms with Crippen LogP contribution in [0.15, 0.2) is 29.0 Å². The molecule has 4 rings (SSSR count). The van der Waals surface area contributed by atoms with Gasteiger partial charge in [-0.3, -0.25) is 15.0 Å². The van der Waals surface area contributed by atoms with Gasteiger partial charge in [0, 0.05) is 25.7 Å². The van der Waals surface area contributed by atoms with Crippen molar-refractivity contribution in [3.63, 3.8) is 0 Å². The first-order valence-electron chi connectivity index (χ1n) is 8.87. The fourth-order valence-electron chi connectivity index (χ4n) is 3.30. The first-order chi connectivity index (χ1) is 13.9. The van der Waals surface area contributed by atoms with Crippen LogP contribution < -0.4 is 20.4 Å². The van der Waals surface area contributed by atoms with Crippen molar-refractivity contribution in [3.05, 3.63) is 30.2 Å². The lowest BCUT2D eigenvalue weighted by molar-refractivity contribution is 0.00818. The molecule has 2 aliphatic rings. The first kappa shape index (κ1) is 20.4. The predicted octanol–water partition coefficient (Wildman–Crippen LogP) is 2.63. The molecule has 1 unspecified atom stereocenters. The number of halogens is 3. The van der Waals surface area contributed by atoms with E-state index in [1.807, 2.05) is 13.0 Å². The summed E-state index contributed by atoms with van der Waals surface area (Å²) in [6.45, 7) is 0.303. The molecule has 9 nitrogen and oxygen atoms in total. The standard InChI is InChI=1S/C16H18N6O3.CHF3/c1-2-17-15(23)11-3-4-12-14(18-11)22(10-5-7-21(12)9-10)16(24)19-13-6-8-25-20-13;2-1(3)4/h3-4,6,8,10H,2,5,7,9H2,1H3,(H,17,23)(H,19,20,24);1H. The van der Waals surface area contributed by atoms with Gasteiger partial charge in [-0.15, -0.1) is 0 Å². The molecule has 2 N–H and O–H groups in total. The number of anilines is 3. The summed E-state index contributed by atoms with van der Waals surface area (Å²) < 4.78 is 33.8. The van der Waals surface area contributed by atoms with Crippen molar-refractivity contribution < 1.29 is 27.3 Å². The van der Waals surface area contributed by atoms with Gasteiger partial charge >= 0.3 is 12.7 Å². The molecule has 2 aromatic rings. The Morgan fingerprint density at radius 1 is 1.31 bits per heavy atom. The van der Waals surface area contributed by atoms with Crippen molar-refractivity contribution in [3.8, 4) is 0 Å². The Bertz CT molecular complexity index is 861. The summed E-state index contributed by atoms with van der Waals surface area (Å²) in [6.07, 6.45) is 2.24. The highest BCUT2D eigenvalue weighted by atomic mass is 19.4. The third-order valence-corrected chi connectivity index (χ3v) is 4.41. The second kappa shape index (κ2) is 8.80. The van der Waals surface area contributed by atoms with Crippen LogP contribution >= 0.6 is 0 Å². The van der Waals surface area contributed by atoms with Gasteiger partial charge in [-0.1, -0.05) is 5.16 Å². The van der Waals surface area contributed by atoms with Gasteiger partial charge in [0.2, 0.25) is 0 Å². The minimum absolute atomic E-state index is 0.0105. The van der Waals surface area contributed by atoms with Gasteiger partial charge in [-0.25, -0.2) is 9.78 Å². The van der Waals surface area contributed by atoms with Crippen molar-refractivity contribution in [2.24, 2.45) is 0 Å². The minimum Gasteiger partial charge on any atom is -0.366 e. The number of pyridine rings is 1. The summed E-state index contributed by atoms with van der Waals surface area (Å²) in [5.74, 6) is 0.584. The third kappa shape index (κ3) is 4.58. The van der Waals surface area contributed by atoms with E-state index in [-0.39, 0.29) is 18.0 Å². The summed E-state index contributed by atoms with van der Waals surface area (Å²) in [4.78, 5) is 33.2. The normalized spacial score (nSPS) is 16.8. The van der Waals surface area contributed by atoms with Crippen LogP contribution in [0.25, 0.3) is 0 Å². The molecule has 29 heavy (non-hydrogen) atoms. The average Bonchev–Trinajstić information content (AvgIpc) is 3.32. The van der Waals surface area contributed by atoms with Crippen LogP contribution in [0.5, 0.6) is 0 Å². The lowest BCUT2D eigenvalue weighted by Crippen LogP contribution is -2.48. The monoisotopic (exact) mass is 412 g/mol. The highest BCUT2D eigenvalue weighted by Crippen LogP contribution is 2.39. The Kier molecular flexibility index (Phi) is 6.20. The van der Waals surface area contributed by atoms with E-state index in [0.29, 0.717) is 23.9 Å². The number of alkyl halides is 3. The maximum Gasteiger partial charge on any atom is 0.379 e. The van der Waals surface area contributed by atoms with E-state index in [0.717, 1.165) is 25.2 Å². The molecule has 156 valence electrons. The summed E-state index contributed by atoms with van der Waals surface area (Å²) >= 11 is 0. The van der Waals surface area contributed by atoms with Crippen molar-refractivity contribution in [1.29, 1.82) is 0 Å². The molecule has 1 fully saturated rings. The molecule has 3 amide bonds. The Hall–Kier alpha value is -3.31. The molecule has 0 spiro atoms. The zero-order valence-electron chi connectivity index (χ0n) is 15.4. The fraction of sp³-hybridized carbons (Fsp3) is 0.412. The number of carbonyl (C=O) groups excluding carboxylic acids is 2. The number of rotatable bonds is 3. The molecule has 0 aromatic carbocycles. The van der Waals surface area contributed by atoms with Gasteiger partial charge in [-0.05, 0) is 25.5 Å². The number of hydrogen-bond acceptors (Lipinski definition) is 6. The molecule has 0 saturated carbocycles. The van der Waals surface area contributed by atoms with Crippen LogP contribution in [0.3, 0.4) is 0 Å². The fourth-order valence-corrected chi connectivity index (χ4v) is 3.30. The number of fused-ring (bicyclic) bond motifs is 4. The minimum atomic E-state index is -3.67. The molecule has 0 aliphatic carbocycles. The van der Waals surface area contributed by atoms with Gasteiger partial charge in [0.15, 0.2) is 11.6 Å². The summed E-state index contributed by atoms with van der Waals surface area (Å²) in [6, 6.07) is 4.79. The topological polar surface area (TPSA) is 104 Å². The highest BCUT2D eigenvalue weighted by Gasteiger charge is 2.40. The molecular formula is C17H19F3N6O3. The third-order valence-electron chi connectivity index (χ3n) is 4.41. The van der Waals surface area contributed by atoms with Gasteiger partial charge < -0.3 is 14.7 Å². The van der Waals surface area contributed by atoms with Crippen LogP contribution in [-0.4, -0.2) is 54.4 Å². The van der Waals surface area contributed by atoms with E-state index < -0.39 is 6.68 Å². The second-order valence-corrected chi connectivity index (χ2v) is 6.22. The number of nitrogens with zero attached hydrogens (tertiary/aromatic N) is 4. The number of carbonyl (C=O) groups is 2. The van der Waals surface area contributed by atoms with Crippen LogP contribution in [0.2, 0.25) is 0 Å². The smallest absolute Gasteiger partial charge is 0.366 e. The zero-order valence-corrected chi connectivity index (χ0v) is 15.4. The molecule has 0 radical (unpaired) electrons. The quantitative estimate of drug-likeness (QED) is 0.803. The van der Waals surface area contributed by atoms with E-state index in [1.165, 1.54) is 6.26 Å². The van der Waals surface area contributed by atoms with Crippen LogP contribution in [0.1, 0.15) is 23.8 Å². The molecule has 2 aliphatic heterocycles. The maximum absolute atomic E-state index is 12.8. The zero-order chi connectivity index (χ0) is 21.0. The SMILES string of the molecule is CCNC(=O)c1ccc2c(n1)N(C(=O)Nc1ccon1)C1CCN2C1.FC(F)F. The van der Waals surface area contributed by atoms with Crippen LogP contribution in [0, 0.1) is 0 Å².